The quantitative estimate of drug-likeness (QED) is 0.0739. The summed E-state index contributed by atoms with van der Waals surface area (Å²) in [6, 6.07) is 41.9. The van der Waals surface area contributed by atoms with Crippen LogP contribution in [0.2, 0.25) is 0 Å². The molecule has 1 amide bonds. The van der Waals surface area contributed by atoms with Crippen LogP contribution in [0.15, 0.2) is 152 Å². The van der Waals surface area contributed by atoms with Gasteiger partial charge < -0.3 is 58.2 Å². The number of esters is 2. The molecule has 3 N–H and O–H groups in total. The highest BCUT2D eigenvalue weighted by molar-refractivity contribution is 5.90. The van der Waals surface area contributed by atoms with Crippen LogP contribution in [0.5, 0.6) is 0 Å². The van der Waals surface area contributed by atoms with E-state index in [9.17, 15) is 29.4 Å². The Morgan fingerprint density at radius 1 is 0.569 bits per heavy atom. The van der Waals surface area contributed by atoms with E-state index >= 15 is 0 Å². The maximum absolute atomic E-state index is 13.8. The van der Waals surface area contributed by atoms with E-state index in [2.05, 4.69) is 5.32 Å². The van der Waals surface area contributed by atoms with E-state index in [1.54, 1.807) is 103 Å². The van der Waals surface area contributed by atoms with Crippen molar-refractivity contribution in [3.63, 3.8) is 0 Å². The van der Waals surface area contributed by atoms with Gasteiger partial charge in [0.05, 0.1) is 24.3 Å². The number of aliphatic hydroxyl groups is 1. The van der Waals surface area contributed by atoms with E-state index in [1.165, 1.54) is 19.2 Å². The monoisotopic (exact) mass is 891 g/mol. The summed E-state index contributed by atoms with van der Waals surface area (Å²) in [5.41, 5.74) is 2.46. The highest BCUT2D eigenvalue weighted by Crippen LogP contribution is 2.35. The molecule has 7 rings (SSSR count). The average molecular weight is 892 g/mol. The van der Waals surface area contributed by atoms with Crippen molar-refractivity contribution >= 4 is 24.0 Å². The van der Waals surface area contributed by atoms with Gasteiger partial charge in [-0.25, -0.2) is 19.2 Å². The van der Waals surface area contributed by atoms with E-state index in [1.807, 2.05) is 36.4 Å². The molecule has 0 bridgehead atoms. The number of aliphatic hydroxyl groups excluding tert-OH is 1. The number of nitrogens with one attached hydrogen (secondary N) is 1. The zero-order valence-corrected chi connectivity index (χ0v) is 35.2. The van der Waals surface area contributed by atoms with Crippen molar-refractivity contribution in [2.24, 2.45) is 0 Å². The minimum atomic E-state index is -1.97. The molecule has 0 radical (unpaired) electrons. The van der Waals surface area contributed by atoms with Gasteiger partial charge in [0.15, 0.2) is 24.8 Å². The second kappa shape index (κ2) is 22.9. The number of amides is 1. The average Bonchev–Trinajstić information content (AvgIpc) is 3.34. The number of rotatable bonds is 18. The second-order valence-electron chi connectivity index (χ2n) is 15.1. The van der Waals surface area contributed by atoms with Crippen molar-refractivity contribution < 1.29 is 72.0 Å². The molecule has 340 valence electrons. The lowest BCUT2D eigenvalue weighted by atomic mass is 9.94. The van der Waals surface area contributed by atoms with Crippen LogP contribution in [0, 0.1) is 0 Å². The Kier molecular flexibility index (Phi) is 16.4. The molecule has 65 heavy (non-hydrogen) atoms. The predicted molar refractivity (Wildman–Crippen MR) is 229 cm³/mol. The lowest BCUT2D eigenvalue weighted by Gasteiger charge is -2.48. The number of carbonyl (C=O) groups excluding carboxylic acids is 3. The van der Waals surface area contributed by atoms with Gasteiger partial charge in [-0.2, -0.15) is 0 Å². The Morgan fingerprint density at radius 2 is 1.06 bits per heavy atom. The summed E-state index contributed by atoms with van der Waals surface area (Å²) in [5, 5.41) is 24.8. The third kappa shape index (κ3) is 12.4. The van der Waals surface area contributed by atoms with E-state index < -0.39 is 92.0 Å². The number of methoxy groups -OCH3 is 1. The fourth-order valence-corrected chi connectivity index (χ4v) is 7.38. The van der Waals surface area contributed by atoms with Gasteiger partial charge in [-0.1, -0.05) is 127 Å². The number of hydrogen-bond donors (Lipinski definition) is 3. The first-order valence-electron chi connectivity index (χ1n) is 20.8. The minimum absolute atomic E-state index is 0.0627. The van der Waals surface area contributed by atoms with Crippen LogP contribution in [-0.2, 0) is 67.2 Å². The number of ether oxygens (including phenoxy) is 9. The van der Waals surface area contributed by atoms with Crippen LogP contribution in [0.4, 0.5) is 4.79 Å². The maximum Gasteiger partial charge on any atom is 0.407 e. The predicted octanol–water partition coefficient (Wildman–Crippen LogP) is 5.46. The lowest BCUT2D eigenvalue weighted by molar-refractivity contribution is -0.348. The zero-order valence-electron chi connectivity index (χ0n) is 35.2. The van der Waals surface area contributed by atoms with Crippen LogP contribution >= 0.6 is 0 Å². The molecule has 0 unspecified atom stereocenters. The van der Waals surface area contributed by atoms with E-state index in [4.69, 9.17) is 42.6 Å². The number of carboxylic acid groups (broad SMARTS) is 1. The molecule has 2 heterocycles. The summed E-state index contributed by atoms with van der Waals surface area (Å²) >= 11 is 0. The first-order valence-corrected chi connectivity index (χ1v) is 20.8. The molecule has 16 nitrogen and oxygen atoms in total. The van der Waals surface area contributed by atoms with Crippen LogP contribution in [0.1, 0.15) is 37.4 Å². The number of alkyl carbamates (subject to hydrolysis) is 1. The van der Waals surface area contributed by atoms with Gasteiger partial charge >= 0.3 is 24.0 Å². The van der Waals surface area contributed by atoms with Crippen molar-refractivity contribution in [3.05, 3.63) is 179 Å². The Hall–Kier alpha value is -6.50. The molecule has 0 aromatic heterocycles. The van der Waals surface area contributed by atoms with Crippen LogP contribution < -0.4 is 5.32 Å². The summed E-state index contributed by atoms with van der Waals surface area (Å²) in [6.45, 7) is -0.776. The molecular formula is C49H49NO15. The van der Waals surface area contributed by atoms with Crippen molar-refractivity contribution in [1.29, 1.82) is 0 Å². The molecule has 2 fully saturated rings. The molecule has 2 saturated heterocycles. The van der Waals surface area contributed by atoms with Gasteiger partial charge in [-0.15, -0.1) is 0 Å². The molecule has 10 atom stereocenters. The summed E-state index contributed by atoms with van der Waals surface area (Å²) in [5.74, 6) is -3.15. The maximum atomic E-state index is 13.8. The lowest BCUT2D eigenvalue weighted by Crippen LogP contribution is -2.68. The standard InChI is InChI=1S/C49H49NO15/c1-57-47-37(50-49(56)61-29-33-21-11-4-12-22-33)40(58-27-31-17-7-2-8-18-31)39(36(62-47)30-60-45(54)34-23-13-5-14-24-34)64-48-43(63-46(55)35-25-15-6-16-26-35)41(38(51)42(65-48)44(52)53)59-28-32-19-9-3-10-20-32/h2-26,36-43,47-48,51H,27-30H2,1H3,(H,50,56)(H,52,53)/t36-,37-,38+,39-,40-,41+,42-,43-,47+,48-/m1/s1. The molecule has 2 aliphatic rings. The van der Waals surface area contributed by atoms with Crippen LogP contribution in [-0.4, -0.2) is 109 Å². The molecule has 16 heteroatoms. The zero-order chi connectivity index (χ0) is 45.5. The summed E-state index contributed by atoms with van der Waals surface area (Å²) in [6.07, 6.45) is -15.1. The van der Waals surface area contributed by atoms with E-state index in [0.29, 0.717) is 11.1 Å². The second-order valence-corrected chi connectivity index (χ2v) is 15.1. The summed E-state index contributed by atoms with van der Waals surface area (Å²) < 4.78 is 55.2. The summed E-state index contributed by atoms with van der Waals surface area (Å²) in [4.78, 5) is 53.6. The van der Waals surface area contributed by atoms with Crippen molar-refractivity contribution in [1.82, 2.24) is 5.32 Å². The number of aliphatic carboxylic acids is 1. The number of benzene rings is 5. The van der Waals surface area contributed by atoms with Crippen LogP contribution in [0.25, 0.3) is 0 Å². The van der Waals surface area contributed by atoms with Crippen molar-refractivity contribution in [2.75, 3.05) is 13.7 Å². The Balaban J connectivity index is 1.27. The van der Waals surface area contributed by atoms with E-state index in [-0.39, 0.29) is 30.9 Å². The molecule has 5 aromatic carbocycles. The SMILES string of the molecule is CO[C@H]1O[C@H](COC(=O)c2ccccc2)[C@@H](O[C@@H]2O[C@@H](C(=O)O)[C@@H](O)[C@H](OCc3ccccc3)[C@H]2OC(=O)c2ccccc2)[C@H](OCc2ccccc2)[C@H]1NC(=O)OCc1ccccc1. The normalized spacial score (nSPS) is 25.1. The summed E-state index contributed by atoms with van der Waals surface area (Å²) in [7, 11) is 1.34. The Bertz CT molecular complexity index is 2270. The van der Waals surface area contributed by atoms with Gasteiger partial charge in [0.1, 0.15) is 49.8 Å². The molecule has 0 spiro atoms. The Morgan fingerprint density at radius 3 is 1.58 bits per heavy atom. The van der Waals surface area contributed by atoms with Gasteiger partial charge in [-0.3, -0.25) is 0 Å². The van der Waals surface area contributed by atoms with Gasteiger partial charge in [0.2, 0.25) is 0 Å². The number of carboxylic acids is 1. The highest BCUT2D eigenvalue weighted by atomic mass is 16.8. The van der Waals surface area contributed by atoms with Gasteiger partial charge in [-0.05, 0) is 41.0 Å². The third-order valence-electron chi connectivity index (χ3n) is 10.6. The third-order valence-corrected chi connectivity index (χ3v) is 10.6. The van der Waals surface area contributed by atoms with Gasteiger partial charge in [0, 0.05) is 7.11 Å². The first kappa shape index (κ1) is 46.5. The number of hydrogen-bond acceptors (Lipinski definition) is 14. The van der Waals surface area contributed by atoms with Gasteiger partial charge in [0.25, 0.3) is 0 Å². The minimum Gasteiger partial charge on any atom is -0.479 e. The van der Waals surface area contributed by atoms with Crippen LogP contribution in [0.3, 0.4) is 0 Å². The van der Waals surface area contributed by atoms with Crippen molar-refractivity contribution in [3.8, 4) is 0 Å². The Labute approximate surface area is 374 Å². The topological polar surface area (TPSA) is 204 Å². The molecule has 5 aromatic rings. The molecule has 2 aliphatic heterocycles. The number of carbonyl (C=O) groups is 4. The highest BCUT2D eigenvalue weighted by Gasteiger charge is 2.56. The largest absolute Gasteiger partial charge is 0.479 e. The molecule has 0 saturated carbocycles. The van der Waals surface area contributed by atoms with E-state index in [0.717, 1.165) is 5.56 Å². The first-order chi connectivity index (χ1) is 31.7. The molecular weight excluding hydrogens is 843 g/mol. The smallest absolute Gasteiger partial charge is 0.407 e. The van der Waals surface area contributed by atoms with Crippen molar-refractivity contribution in [2.45, 2.75) is 81.2 Å². The molecule has 0 aliphatic carbocycles. The fourth-order valence-electron chi connectivity index (χ4n) is 7.38. The fraction of sp³-hybridized carbons (Fsp3) is 0.306.